The number of rotatable bonds is 7. The number of methoxy groups -OCH3 is 1. The summed E-state index contributed by atoms with van der Waals surface area (Å²) in [5.74, 6) is 0.714. The van der Waals surface area contributed by atoms with E-state index in [1.54, 1.807) is 19.2 Å². The molecule has 0 aliphatic rings. The fraction of sp³-hybridized carbons (Fsp3) is 0.333. The van der Waals surface area contributed by atoms with Crippen LogP contribution in [0.1, 0.15) is 30.5 Å². The predicted octanol–water partition coefficient (Wildman–Crippen LogP) is 4.12. The second kappa shape index (κ2) is 7.79. The summed E-state index contributed by atoms with van der Waals surface area (Å²) in [6, 6.07) is 15.2. The summed E-state index contributed by atoms with van der Waals surface area (Å²) in [6.45, 7) is 3.03. The smallest absolute Gasteiger partial charge is 0.123 e. The van der Waals surface area contributed by atoms with Crippen LogP contribution in [0.4, 0.5) is 4.39 Å². The number of halogens is 1. The third kappa shape index (κ3) is 4.87. The number of ether oxygens (including phenoxy) is 1. The molecule has 2 aromatic carbocycles. The molecule has 112 valence electrons. The first-order chi connectivity index (χ1) is 10.2. The average Bonchev–Trinajstić information content (AvgIpc) is 2.51. The Hall–Kier alpha value is -1.87. The molecule has 0 saturated carbocycles. The summed E-state index contributed by atoms with van der Waals surface area (Å²) < 4.78 is 18.3. The van der Waals surface area contributed by atoms with Crippen LogP contribution < -0.4 is 10.1 Å². The molecule has 2 nitrogen and oxygen atoms in total. The number of aryl methyl sites for hydroxylation is 1. The van der Waals surface area contributed by atoms with E-state index in [4.69, 9.17) is 4.74 Å². The van der Waals surface area contributed by atoms with Crippen LogP contribution in [-0.2, 0) is 6.42 Å². The van der Waals surface area contributed by atoms with Gasteiger partial charge in [0.15, 0.2) is 0 Å². The Morgan fingerprint density at radius 1 is 1.14 bits per heavy atom. The van der Waals surface area contributed by atoms with Crippen molar-refractivity contribution in [3.63, 3.8) is 0 Å². The van der Waals surface area contributed by atoms with Crippen molar-refractivity contribution in [2.75, 3.05) is 13.7 Å². The fourth-order valence-electron chi connectivity index (χ4n) is 2.33. The predicted molar refractivity (Wildman–Crippen MR) is 84.1 cm³/mol. The van der Waals surface area contributed by atoms with Crippen molar-refractivity contribution in [1.29, 1.82) is 0 Å². The summed E-state index contributed by atoms with van der Waals surface area (Å²) in [5.41, 5.74) is 2.26. The summed E-state index contributed by atoms with van der Waals surface area (Å²) in [4.78, 5) is 0. The van der Waals surface area contributed by atoms with Crippen LogP contribution >= 0.6 is 0 Å². The van der Waals surface area contributed by atoms with Crippen molar-refractivity contribution in [2.45, 2.75) is 25.8 Å². The average molecular weight is 287 g/mol. The van der Waals surface area contributed by atoms with Crippen LogP contribution in [0.3, 0.4) is 0 Å². The van der Waals surface area contributed by atoms with Gasteiger partial charge in [-0.3, -0.25) is 0 Å². The van der Waals surface area contributed by atoms with Crippen molar-refractivity contribution in [1.82, 2.24) is 5.32 Å². The second-order valence-electron chi connectivity index (χ2n) is 5.19. The van der Waals surface area contributed by atoms with E-state index < -0.39 is 0 Å². The molecule has 0 fully saturated rings. The molecule has 2 aromatic rings. The first-order valence-corrected chi connectivity index (χ1v) is 7.31. The van der Waals surface area contributed by atoms with Crippen molar-refractivity contribution in [3.05, 3.63) is 65.5 Å². The van der Waals surface area contributed by atoms with Gasteiger partial charge in [-0.2, -0.15) is 0 Å². The molecule has 0 bridgehead atoms. The van der Waals surface area contributed by atoms with Crippen LogP contribution in [0.25, 0.3) is 0 Å². The first-order valence-electron chi connectivity index (χ1n) is 7.31. The number of benzene rings is 2. The van der Waals surface area contributed by atoms with Gasteiger partial charge < -0.3 is 10.1 Å². The Labute approximate surface area is 126 Å². The molecule has 0 spiro atoms. The second-order valence-corrected chi connectivity index (χ2v) is 5.19. The summed E-state index contributed by atoms with van der Waals surface area (Å²) in [5, 5.41) is 3.49. The SMILES string of the molecule is COc1cccc([C@@H](C)NCCCc2cccc(F)c2)c1. The first kappa shape index (κ1) is 15.5. The van der Waals surface area contributed by atoms with E-state index in [0.29, 0.717) is 0 Å². The molecule has 0 heterocycles. The van der Waals surface area contributed by atoms with E-state index in [0.717, 1.165) is 30.7 Å². The molecule has 2 rings (SSSR count). The van der Waals surface area contributed by atoms with Crippen LogP contribution in [0, 0.1) is 5.82 Å². The molecule has 0 unspecified atom stereocenters. The zero-order valence-corrected chi connectivity index (χ0v) is 12.6. The highest BCUT2D eigenvalue weighted by molar-refractivity contribution is 5.30. The molecular weight excluding hydrogens is 265 g/mol. The highest BCUT2D eigenvalue weighted by Crippen LogP contribution is 2.18. The van der Waals surface area contributed by atoms with Gasteiger partial charge in [0.2, 0.25) is 0 Å². The largest absolute Gasteiger partial charge is 0.497 e. The Balaban J connectivity index is 1.77. The highest BCUT2D eigenvalue weighted by Gasteiger charge is 2.05. The Morgan fingerprint density at radius 3 is 2.71 bits per heavy atom. The molecule has 0 aromatic heterocycles. The zero-order valence-electron chi connectivity index (χ0n) is 12.6. The minimum absolute atomic E-state index is 0.162. The minimum Gasteiger partial charge on any atom is -0.497 e. The minimum atomic E-state index is -0.162. The maximum Gasteiger partial charge on any atom is 0.123 e. The topological polar surface area (TPSA) is 21.3 Å². The molecule has 1 atom stereocenters. The van der Waals surface area contributed by atoms with Gasteiger partial charge in [-0.05, 0) is 61.7 Å². The molecule has 0 aliphatic heterocycles. The van der Waals surface area contributed by atoms with Crippen molar-refractivity contribution < 1.29 is 9.13 Å². The lowest BCUT2D eigenvalue weighted by Crippen LogP contribution is -2.20. The maximum absolute atomic E-state index is 13.1. The Morgan fingerprint density at radius 2 is 1.95 bits per heavy atom. The third-order valence-corrected chi connectivity index (χ3v) is 3.58. The van der Waals surface area contributed by atoms with Gasteiger partial charge in [0, 0.05) is 6.04 Å². The number of hydrogen-bond donors (Lipinski definition) is 1. The van der Waals surface area contributed by atoms with Crippen LogP contribution in [0.2, 0.25) is 0 Å². The van der Waals surface area contributed by atoms with Gasteiger partial charge in [0.25, 0.3) is 0 Å². The van der Waals surface area contributed by atoms with E-state index in [2.05, 4.69) is 18.3 Å². The van der Waals surface area contributed by atoms with E-state index >= 15 is 0 Å². The lowest BCUT2D eigenvalue weighted by atomic mass is 10.1. The molecule has 0 amide bonds. The Kier molecular flexibility index (Phi) is 5.76. The quantitative estimate of drug-likeness (QED) is 0.774. The van der Waals surface area contributed by atoms with Crippen molar-refractivity contribution in [2.24, 2.45) is 0 Å². The summed E-state index contributed by atoms with van der Waals surface area (Å²) >= 11 is 0. The normalized spacial score (nSPS) is 12.1. The van der Waals surface area contributed by atoms with Crippen molar-refractivity contribution in [3.8, 4) is 5.75 Å². The van der Waals surface area contributed by atoms with E-state index in [1.807, 2.05) is 24.3 Å². The molecular formula is C18H22FNO. The Bertz CT molecular complexity index is 571. The third-order valence-electron chi connectivity index (χ3n) is 3.58. The van der Waals surface area contributed by atoms with Gasteiger partial charge in [-0.1, -0.05) is 24.3 Å². The lowest BCUT2D eigenvalue weighted by Gasteiger charge is -2.15. The standard InChI is InChI=1S/C18H22FNO/c1-14(16-8-4-10-18(13-16)21-2)20-11-5-7-15-6-3-9-17(19)12-15/h3-4,6,8-10,12-14,20H,5,7,11H2,1-2H3/t14-/m1/s1. The van der Waals surface area contributed by atoms with Crippen LogP contribution in [0.5, 0.6) is 5.75 Å². The van der Waals surface area contributed by atoms with Gasteiger partial charge in [0.1, 0.15) is 11.6 Å². The van der Waals surface area contributed by atoms with Gasteiger partial charge in [-0.25, -0.2) is 4.39 Å². The zero-order chi connectivity index (χ0) is 15.1. The van der Waals surface area contributed by atoms with E-state index in [9.17, 15) is 4.39 Å². The molecule has 0 radical (unpaired) electrons. The molecule has 0 saturated heterocycles. The molecule has 21 heavy (non-hydrogen) atoms. The number of hydrogen-bond acceptors (Lipinski definition) is 2. The van der Waals surface area contributed by atoms with Gasteiger partial charge in [0.05, 0.1) is 7.11 Å². The van der Waals surface area contributed by atoms with Crippen LogP contribution in [0.15, 0.2) is 48.5 Å². The summed E-state index contributed by atoms with van der Waals surface area (Å²) in [7, 11) is 1.68. The van der Waals surface area contributed by atoms with Gasteiger partial charge >= 0.3 is 0 Å². The number of nitrogens with one attached hydrogen (secondary N) is 1. The van der Waals surface area contributed by atoms with Gasteiger partial charge in [-0.15, -0.1) is 0 Å². The monoisotopic (exact) mass is 287 g/mol. The van der Waals surface area contributed by atoms with E-state index in [1.165, 1.54) is 11.6 Å². The summed E-state index contributed by atoms with van der Waals surface area (Å²) in [6.07, 6.45) is 1.87. The van der Waals surface area contributed by atoms with Crippen molar-refractivity contribution >= 4 is 0 Å². The molecule has 1 N–H and O–H groups in total. The molecule has 3 heteroatoms. The molecule has 0 aliphatic carbocycles. The lowest BCUT2D eigenvalue weighted by molar-refractivity contribution is 0.413. The fourth-order valence-corrected chi connectivity index (χ4v) is 2.33. The van der Waals surface area contributed by atoms with E-state index in [-0.39, 0.29) is 11.9 Å². The highest BCUT2D eigenvalue weighted by atomic mass is 19.1. The maximum atomic E-state index is 13.1. The van der Waals surface area contributed by atoms with Crippen LogP contribution in [-0.4, -0.2) is 13.7 Å².